The minimum absolute atomic E-state index is 0.0633. The number of hydrogen-bond donors (Lipinski definition) is 0. The second-order valence-electron chi connectivity index (χ2n) is 9.61. The van der Waals surface area contributed by atoms with Crippen LogP contribution >= 0.6 is 11.6 Å². The van der Waals surface area contributed by atoms with Crippen LogP contribution in [0.1, 0.15) is 70.2 Å². The summed E-state index contributed by atoms with van der Waals surface area (Å²) in [5.41, 5.74) is 0.0284. The highest BCUT2D eigenvalue weighted by molar-refractivity contribution is 6.34. The number of benzene rings is 1. The van der Waals surface area contributed by atoms with Gasteiger partial charge in [0, 0.05) is 27.2 Å². The van der Waals surface area contributed by atoms with Gasteiger partial charge in [-0.1, -0.05) is 18.0 Å². The van der Waals surface area contributed by atoms with Crippen molar-refractivity contribution in [3.63, 3.8) is 0 Å². The van der Waals surface area contributed by atoms with Gasteiger partial charge in [0.1, 0.15) is 11.4 Å². The molecule has 0 aromatic heterocycles. The number of nitrogens with zero attached hydrogens (tertiary/aromatic N) is 2. The average molecular weight is 453 g/mol. The molecule has 0 spiro atoms. The van der Waals surface area contributed by atoms with Crippen molar-refractivity contribution < 1.29 is 19.1 Å². The molecular formula is C24H37ClN2O4. The smallest absolute Gasteiger partial charge is 0.410 e. The standard InChI is InChI=1S/C24H37ClN2O4/c1-17(30-19-10-11-20(21(25)16-19)22(28)26(5)6)8-7-9-18-12-14-27(15-13-18)23(29)31-24(2,3)4/h10-11,16-18H,7-9,12-15H2,1-6H3. The lowest BCUT2D eigenvalue weighted by Gasteiger charge is -2.33. The average Bonchev–Trinajstić information content (AvgIpc) is 2.66. The van der Waals surface area contributed by atoms with Crippen LogP contribution in [0.25, 0.3) is 0 Å². The molecule has 1 fully saturated rings. The van der Waals surface area contributed by atoms with Gasteiger partial charge in [-0.15, -0.1) is 0 Å². The Hall–Kier alpha value is -1.95. The molecule has 31 heavy (non-hydrogen) atoms. The molecule has 1 aliphatic rings. The molecule has 0 saturated carbocycles. The molecule has 0 aliphatic carbocycles. The molecular weight excluding hydrogens is 416 g/mol. The van der Waals surface area contributed by atoms with Gasteiger partial charge in [-0.3, -0.25) is 4.79 Å². The van der Waals surface area contributed by atoms with Crippen LogP contribution in [-0.2, 0) is 4.74 Å². The Bertz CT molecular complexity index is 752. The van der Waals surface area contributed by atoms with Gasteiger partial charge in [0.25, 0.3) is 5.91 Å². The molecule has 6 nitrogen and oxygen atoms in total. The van der Waals surface area contributed by atoms with Crippen molar-refractivity contribution in [1.82, 2.24) is 9.80 Å². The molecule has 2 rings (SSSR count). The molecule has 2 amide bonds. The summed E-state index contributed by atoms with van der Waals surface area (Å²) in [4.78, 5) is 27.6. The zero-order valence-corrected chi connectivity index (χ0v) is 20.5. The highest BCUT2D eigenvalue weighted by Gasteiger charge is 2.26. The summed E-state index contributed by atoms with van der Waals surface area (Å²) in [5, 5.41) is 0.403. The Morgan fingerprint density at radius 2 is 1.87 bits per heavy atom. The SMILES string of the molecule is CC(CCCC1CCN(C(=O)OC(C)(C)C)CC1)Oc1ccc(C(=O)N(C)C)c(Cl)c1. The third-order valence-electron chi connectivity index (χ3n) is 5.40. The van der Waals surface area contributed by atoms with E-state index in [1.54, 1.807) is 32.3 Å². The minimum atomic E-state index is -0.448. The van der Waals surface area contributed by atoms with Crippen molar-refractivity contribution in [1.29, 1.82) is 0 Å². The zero-order chi connectivity index (χ0) is 23.2. The molecule has 1 unspecified atom stereocenters. The van der Waals surface area contributed by atoms with E-state index in [9.17, 15) is 9.59 Å². The van der Waals surface area contributed by atoms with Gasteiger partial charge in [0.05, 0.1) is 16.7 Å². The summed E-state index contributed by atoms with van der Waals surface area (Å²) in [6.07, 6.45) is 5.05. The van der Waals surface area contributed by atoms with Crippen LogP contribution in [-0.4, -0.2) is 60.7 Å². The van der Waals surface area contributed by atoms with Gasteiger partial charge < -0.3 is 19.3 Å². The highest BCUT2D eigenvalue weighted by Crippen LogP contribution is 2.27. The van der Waals surface area contributed by atoms with Gasteiger partial charge in [-0.05, 0) is 77.5 Å². The number of carbonyl (C=O) groups is 2. The van der Waals surface area contributed by atoms with E-state index in [1.807, 2.05) is 25.7 Å². The van der Waals surface area contributed by atoms with Crippen LogP contribution in [0.3, 0.4) is 0 Å². The van der Waals surface area contributed by atoms with E-state index in [1.165, 1.54) is 4.90 Å². The Morgan fingerprint density at radius 3 is 2.42 bits per heavy atom. The first-order valence-corrected chi connectivity index (χ1v) is 11.5. The third kappa shape index (κ3) is 8.24. The van der Waals surface area contributed by atoms with Crippen LogP contribution in [0.15, 0.2) is 18.2 Å². The van der Waals surface area contributed by atoms with Crippen molar-refractivity contribution >= 4 is 23.6 Å². The predicted molar refractivity (Wildman–Crippen MR) is 124 cm³/mol. The highest BCUT2D eigenvalue weighted by atomic mass is 35.5. The number of rotatable bonds is 7. The maximum Gasteiger partial charge on any atom is 0.410 e. The summed E-state index contributed by atoms with van der Waals surface area (Å²) >= 11 is 6.26. The Balaban J connectivity index is 1.71. The van der Waals surface area contributed by atoms with Crippen LogP contribution in [0.4, 0.5) is 4.79 Å². The van der Waals surface area contributed by atoms with E-state index < -0.39 is 5.60 Å². The molecule has 7 heteroatoms. The van der Waals surface area contributed by atoms with E-state index in [-0.39, 0.29) is 18.1 Å². The topological polar surface area (TPSA) is 59.1 Å². The fourth-order valence-electron chi connectivity index (χ4n) is 3.70. The van der Waals surface area contributed by atoms with Gasteiger partial charge in [0.15, 0.2) is 0 Å². The Kier molecular flexibility index (Phi) is 9.04. The van der Waals surface area contributed by atoms with Gasteiger partial charge in [-0.25, -0.2) is 4.79 Å². The lowest BCUT2D eigenvalue weighted by molar-refractivity contribution is 0.0179. The first kappa shape index (κ1) is 25.3. The Labute approximate surface area is 191 Å². The van der Waals surface area contributed by atoms with E-state index in [4.69, 9.17) is 21.1 Å². The lowest BCUT2D eigenvalue weighted by atomic mass is 9.91. The van der Waals surface area contributed by atoms with E-state index >= 15 is 0 Å². The number of hydrogen-bond acceptors (Lipinski definition) is 4. The van der Waals surface area contributed by atoms with Crippen LogP contribution in [0.2, 0.25) is 5.02 Å². The van der Waals surface area contributed by atoms with E-state index in [2.05, 4.69) is 6.92 Å². The molecule has 0 radical (unpaired) electrons. The van der Waals surface area contributed by atoms with E-state index in [0.717, 1.165) is 45.2 Å². The van der Waals surface area contributed by atoms with Crippen molar-refractivity contribution in [2.75, 3.05) is 27.2 Å². The maximum absolute atomic E-state index is 12.2. The molecule has 1 aromatic rings. The quantitative estimate of drug-likeness (QED) is 0.538. The van der Waals surface area contributed by atoms with Crippen LogP contribution < -0.4 is 4.74 Å². The second-order valence-corrected chi connectivity index (χ2v) is 10.0. The number of ether oxygens (including phenoxy) is 2. The summed E-state index contributed by atoms with van der Waals surface area (Å²) < 4.78 is 11.5. The monoisotopic (exact) mass is 452 g/mol. The van der Waals surface area contributed by atoms with E-state index in [0.29, 0.717) is 22.3 Å². The summed E-state index contributed by atoms with van der Waals surface area (Å²) in [6.45, 7) is 9.27. The third-order valence-corrected chi connectivity index (χ3v) is 5.72. The molecule has 0 bridgehead atoms. The molecule has 1 aromatic carbocycles. The summed E-state index contributed by atoms with van der Waals surface area (Å²) in [7, 11) is 3.40. The van der Waals surface area contributed by atoms with Crippen molar-refractivity contribution in [2.24, 2.45) is 5.92 Å². The number of amides is 2. The summed E-state index contributed by atoms with van der Waals surface area (Å²) in [6, 6.07) is 5.22. The molecule has 1 aliphatic heterocycles. The minimum Gasteiger partial charge on any atom is -0.491 e. The second kappa shape index (κ2) is 11.1. The van der Waals surface area contributed by atoms with Crippen LogP contribution in [0.5, 0.6) is 5.75 Å². The van der Waals surface area contributed by atoms with Gasteiger partial charge in [0.2, 0.25) is 0 Å². The molecule has 0 N–H and O–H groups in total. The van der Waals surface area contributed by atoms with Crippen molar-refractivity contribution in [2.45, 2.75) is 71.5 Å². The van der Waals surface area contributed by atoms with Gasteiger partial charge >= 0.3 is 6.09 Å². The van der Waals surface area contributed by atoms with Crippen LogP contribution in [0, 0.1) is 5.92 Å². The molecule has 174 valence electrons. The zero-order valence-electron chi connectivity index (χ0n) is 19.7. The first-order valence-electron chi connectivity index (χ1n) is 11.1. The molecule has 1 saturated heterocycles. The number of piperidine rings is 1. The van der Waals surface area contributed by atoms with Crippen molar-refractivity contribution in [3.05, 3.63) is 28.8 Å². The fourth-order valence-corrected chi connectivity index (χ4v) is 3.95. The summed E-state index contributed by atoms with van der Waals surface area (Å²) in [5.74, 6) is 1.19. The molecule has 1 atom stereocenters. The van der Waals surface area contributed by atoms with Gasteiger partial charge in [-0.2, -0.15) is 0 Å². The fraction of sp³-hybridized carbons (Fsp3) is 0.667. The number of carbonyl (C=O) groups excluding carboxylic acids is 2. The lowest BCUT2D eigenvalue weighted by Crippen LogP contribution is -2.41. The normalized spacial score (nSPS) is 16.0. The Morgan fingerprint density at radius 1 is 1.23 bits per heavy atom. The maximum atomic E-state index is 12.2. The first-order chi connectivity index (χ1) is 14.5. The number of likely N-dealkylation sites (tertiary alicyclic amines) is 1. The predicted octanol–water partition coefficient (Wildman–Crippen LogP) is 5.63. The van der Waals surface area contributed by atoms with Crippen molar-refractivity contribution in [3.8, 4) is 5.75 Å². The largest absolute Gasteiger partial charge is 0.491 e. The molecule has 1 heterocycles. The number of halogens is 1.